The van der Waals surface area contributed by atoms with E-state index in [0.29, 0.717) is 24.0 Å². The van der Waals surface area contributed by atoms with Crippen molar-refractivity contribution in [3.63, 3.8) is 0 Å². The molecule has 0 amide bonds. The van der Waals surface area contributed by atoms with Gasteiger partial charge >= 0.3 is 17.9 Å². The fourth-order valence-corrected chi connectivity index (χ4v) is 5.42. The van der Waals surface area contributed by atoms with E-state index in [-0.39, 0.29) is 30.0 Å². The van der Waals surface area contributed by atoms with E-state index in [1.165, 1.54) is 0 Å². The van der Waals surface area contributed by atoms with Crippen LogP contribution in [0.25, 0.3) is 0 Å². The third-order valence-electron chi connectivity index (χ3n) is 7.57. The second kappa shape index (κ2) is 7.62. The zero-order valence-electron chi connectivity index (χ0n) is 18.7. The predicted molar refractivity (Wildman–Crippen MR) is 111 cm³/mol. The highest BCUT2D eigenvalue weighted by Crippen LogP contribution is 2.62. The molecule has 0 spiro atoms. The zero-order valence-corrected chi connectivity index (χ0v) is 18.7. The number of rotatable bonds is 4. The molecule has 2 aliphatic heterocycles. The van der Waals surface area contributed by atoms with E-state index >= 15 is 0 Å². The van der Waals surface area contributed by atoms with Gasteiger partial charge in [-0.1, -0.05) is 25.7 Å². The second-order valence-electron chi connectivity index (χ2n) is 9.28. The Kier molecular flexibility index (Phi) is 5.36. The number of fused-ring (bicyclic) bond motifs is 4. The van der Waals surface area contributed by atoms with Crippen LogP contribution in [0, 0.1) is 17.3 Å². The van der Waals surface area contributed by atoms with Crippen molar-refractivity contribution in [3.05, 3.63) is 35.5 Å². The molecule has 0 aromatic rings. The Morgan fingerprint density at radius 1 is 1.10 bits per heavy atom. The van der Waals surface area contributed by atoms with Gasteiger partial charge in [-0.05, 0) is 46.1 Å². The lowest BCUT2D eigenvalue weighted by atomic mass is 9.54. The van der Waals surface area contributed by atoms with Crippen LogP contribution >= 0.6 is 0 Å². The van der Waals surface area contributed by atoms with E-state index in [1.54, 1.807) is 39.8 Å². The quantitative estimate of drug-likeness (QED) is 0.223. The van der Waals surface area contributed by atoms with E-state index in [1.807, 2.05) is 0 Å². The topological polar surface area (TPSA) is 91.4 Å². The highest BCUT2D eigenvalue weighted by Gasteiger charge is 2.70. The van der Waals surface area contributed by atoms with Crippen molar-refractivity contribution in [2.24, 2.45) is 17.3 Å². The monoisotopic (exact) mass is 430 g/mol. The molecular weight excluding hydrogens is 400 g/mol. The van der Waals surface area contributed by atoms with Crippen LogP contribution in [0.5, 0.6) is 0 Å². The molecule has 31 heavy (non-hydrogen) atoms. The molecule has 0 aromatic heterocycles. The molecule has 0 radical (unpaired) electrons. The number of allylic oxidation sites excluding steroid dienone is 2. The van der Waals surface area contributed by atoms with E-state index < -0.39 is 35.7 Å². The van der Waals surface area contributed by atoms with Crippen molar-refractivity contribution < 1.29 is 33.3 Å². The molecule has 4 rings (SSSR count). The average molecular weight is 430 g/mol. The first-order chi connectivity index (χ1) is 14.6. The number of ether oxygens (including phenoxy) is 4. The normalized spacial score (nSPS) is 41.5. The van der Waals surface area contributed by atoms with Crippen LogP contribution in [0.4, 0.5) is 0 Å². The van der Waals surface area contributed by atoms with Gasteiger partial charge in [0.15, 0.2) is 0 Å². The average Bonchev–Trinajstić information content (AvgIpc) is 3.48. The van der Waals surface area contributed by atoms with Gasteiger partial charge in [0, 0.05) is 28.4 Å². The summed E-state index contributed by atoms with van der Waals surface area (Å²) in [5.74, 6) is -1.91. The molecule has 2 aliphatic carbocycles. The van der Waals surface area contributed by atoms with Gasteiger partial charge in [-0.2, -0.15) is 0 Å². The van der Waals surface area contributed by atoms with Crippen molar-refractivity contribution in [1.29, 1.82) is 0 Å². The lowest BCUT2D eigenvalue weighted by molar-refractivity contribution is -0.168. The third-order valence-corrected chi connectivity index (χ3v) is 7.57. The fraction of sp³-hybridized carbons (Fsp3) is 0.625. The molecule has 2 heterocycles. The Labute approximate surface area is 182 Å². The second-order valence-corrected chi connectivity index (χ2v) is 9.28. The smallest absolute Gasteiger partial charge is 0.348 e. The van der Waals surface area contributed by atoms with Crippen LogP contribution in [0.2, 0.25) is 0 Å². The van der Waals surface area contributed by atoms with Gasteiger partial charge in [-0.3, -0.25) is 0 Å². The van der Waals surface area contributed by atoms with Gasteiger partial charge in [0.05, 0.1) is 0 Å². The molecule has 2 saturated carbocycles. The molecule has 168 valence electrons. The molecule has 0 bridgehead atoms. The summed E-state index contributed by atoms with van der Waals surface area (Å²) in [6.45, 7) is 13.2. The van der Waals surface area contributed by atoms with Crippen LogP contribution in [0.15, 0.2) is 35.5 Å². The van der Waals surface area contributed by atoms with E-state index in [4.69, 9.17) is 18.9 Å². The van der Waals surface area contributed by atoms with Crippen LogP contribution < -0.4 is 0 Å². The Hall–Kier alpha value is -2.41. The van der Waals surface area contributed by atoms with Crippen molar-refractivity contribution in [3.8, 4) is 0 Å². The maximum absolute atomic E-state index is 12.7. The largest absolute Gasteiger partial charge is 0.458 e. The summed E-state index contributed by atoms with van der Waals surface area (Å²) in [7, 11) is 0. The summed E-state index contributed by atoms with van der Waals surface area (Å²) < 4.78 is 23.1. The predicted octanol–water partition coefficient (Wildman–Crippen LogP) is 3.04. The number of hydrogen-bond donors (Lipinski definition) is 0. The molecule has 4 fully saturated rings. The maximum Gasteiger partial charge on any atom is 0.348 e. The van der Waals surface area contributed by atoms with Crippen molar-refractivity contribution in [1.82, 2.24) is 0 Å². The minimum Gasteiger partial charge on any atom is -0.458 e. The summed E-state index contributed by atoms with van der Waals surface area (Å²) in [6.07, 6.45) is 2.33. The first-order valence-electron chi connectivity index (χ1n) is 10.9. The van der Waals surface area contributed by atoms with Crippen LogP contribution in [-0.4, -0.2) is 48.4 Å². The van der Waals surface area contributed by atoms with Crippen LogP contribution in [0.1, 0.15) is 47.5 Å². The standard InChI is InChI=1S/C24H30O7/c1-7-11(3)21(25)30-18-14-9-10-24(6)15(17(14)29-23(18)27)13(5)16-19(28-16)20(24)31-22(26)12(4)8-2/h7-8,14-20H,5,9-10H2,1-4,6H3/b11-7+,12-8-/t14-,15+,16-,17-,18-,19-,20?,24+/m1/s1. The molecule has 8 atom stereocenters. The van der Waals surface area contributed by atoms with Gasteiger partial charge < -0.3 is 18.9 Å². The Morgan fingerprint density at radius 3 is 2.32 bits per heavy atom. The fourth-order valence-electron chi connectivity index (χ4n) is 5.42. The van der Waals surface area contributed by atoms with Crippen LogP contribution in [-0.2, 0) is 33.3 Å². The summed E-state index contributed by atoms with van der Waals surface area (Å²) in [5, 5.41) is 0. The molecule has 2 saturated heterocycles. The molecule has 0 aromatic carbocycles. The van der Waals surface area contributed by atoms with Gasteiger partial charge in [-0.15, -0.1) is 0 Å². The third kappa shape index (κ3) is 3.34. The lowest BCUT2D eigenvalue weighted by Gasteiger charge is -2.52. The van der Waals surface area contributed by atoms with Crippen molar-refractivity contribution in [2.45, 2.75) is 78.0 Å². The molecule has 7 nitrogen and oxygen atoms in total. The van der Waals surface area contributed by atoms with Crippen molar-refractivity contribution in [2.75, 3.05) is 0 Å². The summed E-state index contributed by atoms with van der Waals surface area (Å²) in [4.78, 5) is 37.5. The SMILES string of the molecule is C=C1[C@H]2O[C@H]2C(OC(=O)/C(C)=C\C)[C@@]2(C)CC[C@@H]3[C@@H](OC(=O)[C@@H]3OC(=O)/C(C)=C/C)[C@H]12. The maximum atomic E-state index is 12.7. The summed E-state index contributed by atoms with van der Waals surface area (Å²) >= 11 is 0. The Morgan fingerprint density at radius 2 is 1.71 bits per heavy atom. The van der Waals surface area contributed by atoms with E-state index in [2.05, 4.69) is 13.5 Å². The minimum absolute atomic E-state index is 0.217. The number of hydrogen-bond acceptors (Lipinski definition) is 7. The first kappa shape index (κ1) is 21.8. The van der Waals surface area contributed by atoms with Crippen molar-refractivity contribution >= 4 is 17.9 Å². The summed E-state index contributed by atoms with van der Waals surface area (Å²) in [5.41, 5.74) is 1.35. The highest BCUT2D eigenvalue weighted by molar-refractivity contribution is 5.90. The van der Waals surface area contributed by atoms with Gasteiger partial charge in [0.25, 0.3) is 0 Å². The minimum atomic E-state index is -0.936. The molecule has 1 unspecified atom stereocenters. The van der Waals surface area contributed by atoms with Gasteiger partial charge in [-0.25, -0.2) is 14.4 Å². The van der Waals surface area contributed by atoms with E-state index in [9.17, 15) is 14.4 Å². The van der Waals surface area contributed by atoms with Gasteiger partial charge in [0.2, 0.25) is 6.10 Å². The first-order valence-corrected chi connectivity index (χ1v) is 10.9. The van der Waals surface area contributed by atoms with Gasteiger partial charge in [0.1, 0.15) is 24.4 Å². The number of carbonyl (C=O) groups is 3. The molecule has 7 heteroatoms. The number of esters is 3. The molecular formula is C24H30O7. The van der Waals surface area contributed by atoms with Crippen LogP contribution in [0.3, 0.4) is 0 Å². The Balaban J connectivity index is 1.61. The number of epoxide rings is 1. The number of carbonyl (C=O) groups excluding carboxylic acids is 3. The lowest BCUT2D eigenvalue weighted by Crippen LogP contribution is -2.58. The zero-order chi connectivity index (χ0) is 22.7. The van der Waals surface area contributed by atoms with E-state index in [0.717, 1.165) is 5.57 Å². The summed E-state index contributed by atoms with van der Waals surface area (Å²) in [6, 6.07) is 0. The molecule has 0 N–H and O–H groups in total. The highest BCUT2D eigenvalue weighted by atomic mass is 16.6. The molecule has 4 aliphatic rings. The Bertz CT molecular complexity index is 900.